The molecule has 0 aliphatic heterocycles. The van der Waals surface area contributed by atoms with E-state index >= 15 is 0 Å². The quantitative estimate of drug-likeness (QED) is 0.774. The Hall–Kier alpha value is -2.39. The number of ether oxygens (including phenoxy) is 1. The molecule has 2 N–H and O–H groups in total. The zero-order chi connectivity index (χ0) is 13.1. The molecule has 0 aliphatic rings. The normalized spacial score (nSPS) is 10.6. The monoisotopic (exact) mass is 250 g/mol. The first kappa shape index (κ1) is 11.7. The smallest absolute Gasteiger partial charge is 0.223 e. The van der Waals surface area contributed by atoms with Gasteiger partial charge in [0.1, 0.15) is 5.75 Å². The number of nitrogens with two attached hydrogens (primary N) is 1. The molecule has 3 nitrogen and oxygen atoms in total. The lowest BCUT2D eigenvalue weighted by Gasteiger charge is -2.09. The van der Waals surface area contributed by atoms with Crippen molar-refractivity contribution in [3.63, 3.8) is 0 Å². The first-order valence-electron chi connectivity index (χ1n) is 6.17. The van der Waals surface area contributed by atoms with Crippen LogP contribution in [0.3, 0.4) is 0 Å². The lowest BCUT2D eigenvalue weighted by Crippen LogP contribution is -2.00. The van der Waals surface area contributed by atoms with Gasteiger partial charge in [0.25, 0.3) is 0 Å². The Morgan fingerprint density at radius 3 is 2.63 bits per heavy atom. The van der Waals surface area contributed by atoms with Crippen molar-refractivity contribution >= 4 is 10.8 Å². The van der Waals surface area contributed by atoms with Crippen molar-refractivity contribution in [2.45, 2.75) is 6.54 Å². The zero-order valence-corrected chi connectivity index (χ0v) is 10.4. The summed E-state index contributed by atoms with van der Waals surface area (Å²) >= 11 is 0. The number of rotatable bonds is 3. The van der Waals surface area contributed by atoms with E-state index in [-0.39, 0.29) is 0 Å². The van der Waals surface area contributed by atoms with E-state index in [0.29, 0.717) is 12.4 Å². The molecule has 0 unspecified atom stereocenters. The van der Waals surface area contributed by atoms with E-state index < -0.39 is 0 Å². The summed E-state index contributed by atoms with van der Waals surface area (Å²) in [6.45, 7) is 0.413. The molecule has 0 radical (unpaired) electrons. The second kappa shape index (κ2) is 5.08. The van der Waals surface area contributed by atoms with Crippen molar-refractivity contribution in [1.82, 2.24) is 4.98 Å². The summed E-state index contributed by atoms with van der Waals surface area (Å²) < 4.78 is 5.82. The van der Waals surface area contributed by atoms with E-state index in [1.165, 1.54) is 5.39 Å². The highest BCUT2D eigenvalue weighted by Crippen LogP contribution is 2.26. The van der Waals surface area contributed by atoms with Gasteiger partial charge in [-0.2, -0.15) is 0 Å². The summed E-state index contributed by atoms with van der Waals surface area (Å²) in [7, 11) is 0. The van der Waals surface area contributed by atoms with Crippen molar-refractivity contribution in [3.8, 4) is 11.6 Å². The fourth-order valence-electron chi connectivity index (χ4n) is 2.01. The minimum atomic E-state index is 0.413. The first-order chi connectivity index (χ1) is 9.36. The summed E-state index contributed by atoms with van der Waals surface area (Å²) in [6, 6.07) is 17.9. The maximum atomic E-state index is 5.82. The molecule has 2 aromatic carbocycles. The second-order valence-electron chi connectivity index (χ2n) is 4.28. The third-order valence-electron chi connectivity index (χ3n) is 3.01. The third kappa shape index (κ3) is 2.41. The van der Waals surface area contributed by atoms with Crippen LogP contribution in [0.2, 0.25) is 0 Å². The molecule has 3 rings (SSSR count). The minimum absolute atomic E-state index is 0.413. The van der Waals surface area contributed by atoms with Crippen molar-refractivity contribution in [2.24, 2.45) is 5.73 Å². The van der Waals surface area contributed by atoms with E-state index in [0.717, 1.165) is 16.7 Å². The van der Waals surface area contributed by atoms with Crippen LogP contribution in [0.5, 0.6) is 11.6 Å². The Bertz CT molecular complexity index is 710. The summed E-state index contributed by atoms with van der Waals surface area (Å²) in [5.41, 5.74) is 6.57. The number of benzene rings is 2. The van der Waals surface area contributed by atoms with Crippen molar-refractivity contribution in [3.05, 3.63) is 66.4 Å². The van der Waals surface area contributed by atoms with Crippen molar-refractivity contribution in [1.29, 1.82) is 0 Å². The molecule has 0 atom stereocenters. The predicted octanol–water partition coefficient (Wildman–Crippen LogP) is 3.49. The number of pyridine rings is 1. The van der Waals surface area contributed by atoms with Gasteiger partial charge < -0.3 is 10.5 Å². The van der Waals surface area contributed by atoms with E-state index in [2.05, 4.69) is 17.1 Å². The van der Waals surface area contributed by atoms with Crippen LogP contribution in [0.1, 0.15) is 5.56 Å². The average Bonchev–Trinajstić information content (AvgIpc) is 2.48. The van der Waals surface area contributed by atoms with Gasteiger partial charge in [0, 0.05) is 18.3 Å². The summed E-state index contributed by atoms with van der Waals surface area (Å²) in [5.74, 6) is 1.34. The molecule has 3 aromatic rings. The van der Waals surface area contributed by atoms with E-state index in [1.54, 1.807) is 6.20 Å². The highest BCUT2D eigenvalue weighted by molar-refractivity contribution is 5.83. The molecule has 1 heterocycles. The van der Waals surface area contributed by atoms with E-state index in [9.17, 15) is 0 Å². The minimum Gasteiger partial charge on any atom is -0.439 e. The van der Waals surface area contributed by atoms with Gasteiger partial charge in [0.2, 0.25) is 5.88 Å². The molecule has 0 saturated heterocycles. The topological polar surface area (TPSA) is 48.1 Å². The number of aromatic nitrogens is 1. The van der Waals surface area contributed by atoms with Gasteiger partial charge in [-0.15, -0.1) is 0 Å². The summed E-state index contributed by atoms with van der Waals surface area (Å²) in [4.78, 5) is 4.22. The van der Waals surface area contributed by atoms with Gasteiger partial charge in [0.15, 0.2) is 0 Å². The predicted molar refractivity (Wildman–Crippen MR) is 76.2 cm³/mol. The van der Waals surface area contributed by atoms with Gasteiger partial charge >= 0.3 is 0 Å². The van der Waals surface area contributed by atoms with E-state index in [1.807, 2.05) is 42.5 Å². The van der Waals surface area contributed by atoms with Crippen LogP contribution < -0.4 is 10.5 Å². The SMILES string of the molecule is NCc1cccnc1Oc1ccc2ccccc2c1. The van der Waals surface area contributed by atoms with E-state index in [4.69, 9.17) is 10.5 Å². The number of nitrogens with zero attached hydrogens (tertiary/aromatic N) is 1. The molecule has 0 bridgehead atoms. The van der Waals surface area contributed by atoms with Crippen LogP contribution in [0.4, 0.5) is 0 Å². The number of fused-ring (bicyclic) bond motifs is 1. The van der Waals surface area contributed by atoms with Crippen LogP contribution in [-0.4, -0.2) is 4.98 Å². The standard InChI is InChI=1S/C16H14N2O/c17-11-14-6-3-9-18-16(14)19-15-8-7-12-4-1-2-5-13(12)10-15/h1-10H,11,17H2. The molecule has 19 heavy (non-hydrogen) atoms. The van der Waals surface area contributed by atoms with Gasteiger partial charge in [-0.25, -0.2) is 4.98 Å². The lowest BCUT2D eigenvalue weighted by atomic mass is 10.1. The molecular weight excluding hydrogens is 236 g/mol. The maximum absolute atomic E-state index is 5.82. The van der Waals surface area contributed by atoms with Gasteiger partial charge in [-0.3, -0.25) is 0 Å². The maximum Gasteiger partial charge on any atom is 0.223 e. The van der Waals surface area contributed by atoms with Gasteiger partial charge in [-0.05, 0) is 29.0 Å². The molecule has 0 amide bonds. The molecule has 94 valence electrons. The second-order valence-corrected chi connectivity index (χ2v) is 4.28. The van der Waals surface area contributed by atoms with Gasteiger partial charge in [-0.1, -0.05) is 36.4 Å². The highest BCUT2D eigenvalue weighted by atomic mass is 16.5. The number of hydrogen-bond donors (Lipinski definition) is 1. The zero-order valence-electron chi connectivity index (χ0n) is 10.4. The molecule has 0 fully saturated rings. The molecule has 0 aliphatic carbocycles. The van der Waals surface area contributed by atoms with Crippen LogP contribution in [-0.2, 0) is 6.54 Å². The van der Waals surface area contributed by atoms with Crippen LogP contribution in [0.15, 0.2) is 60.8 Å². The Morgan fingerprint density at radius 1 is 0.947 bits per heavy atom. The summed E-state index contributed by atoms with van der Waals surface area (Å²) in [5, 5.41) is 2.33. The van der Waals surface area contributed by atoms with Crippen LogP contribution in [0.25, 0.3) is 10.8 Å². The van der Waals surface area contributed by atoms with Gasteiger partial charge in [0.05, 0.1) is 0 Å². The Labute approximate surface area is 111 Å². The third-order valence-corrected chi connectivity index (χ3v) is 3.01. The van der Waals surface area contributed by atoms with Crippen LogP contribution in [0, 0.1) is 0 Å². The first-order valence-corrected chi connectivity index (χ1v) is 6.17. The van der Waals surface area contributed by atoms with Crippen molar-refractivity contribution in [2.75, 3.05) is 0 Å². The largest absolute Gasteiger partial charge is 0.439 e. The highest BCUT2D eigenvalue weighted by Gasteiger charge is 2.04. The van der Waals surface area contributed by atoms with Crippen LogP contribution >= 0.6 is 0 Å². The Morgan fingerprint density at radius 2 is 1.79 bits per heavy atom. The number of hydrogen-bond acceptors (Lipinski definition) is 3. The molecule has 3 heteroatoms. The molecule has 1 aromatic heterocycles. The molecule has 0 spiro atoms. The fraction of sp³-hybridized carbons (Fsp3) is 0.0625. The lowest BCUT2D eigenvalue weighted by molar-refractivity contribution is 0.457. The average molecular weight is 250 g/mol. The Balaban J connectivity index is 1.96. The fourth-order valence-corrected chi connectivity index (χ4v) is 2.01. The Kier molecular flexibility index (Phi) is 3.12. The summed E-state index contributed by atoms with van der Waals surface area (Å²) in [6.07, 6.45) is 1.70. The molecule has 0 saturated carbocycles. The molecular formula is C16H14N2O. The van der Waals surface area contributed by atoms with Crippen molar-refractivity contribution < 1.29 is 4.74 Å².